The van der Waals surface area contributed by atoms with Crippen LogP contribution in [0.4, 0.5) is 26.3 Å². The summed E-state index contributed by atoms with van der Waals surface area (Å²) in [6.45, 7) is 0. The summed E-state index contributed by atoms with van der Waals surface area (Å²) >= 11 is 4.73. The van der Waals surface area contributed by atoms with E-state index in [-0.39, 0.29) is 6.07 Å². The van der Waals surface area contributed by atoms with Crippen molar-refractivity contribution in [3.8, 4) is 6.07 Å². The molecule has 1 atom stereocenters. The molecule has 3 nitrogen and oxygen atoms in total. The zero-order valence-electron chi connectivity index (χ0n) is 6.91. The summed E-state index contributed by atoms with van der Waals surface area (Å²) < 4.78 is 81.6. The minimum Gasteiger partial charge on any atom is -0.422 e. The lowest BCUT2D eigenvalue weighted by Gasteiger charge is -2.31. The summed E-state index contributed by atoms with van der Waals surface area (Å²) in [5.41, 5.74) is 0. The Labute approximate surface area is 88.8 Å². The third-order valence-electron chi connectivity index (χ3n) is 1.55. The third kappa shape index (κ3) is 1.53. The van der Waals surface area contributed by atoms with Gasteiger partial charge in [-0.1, -0.05) is 0 Å². The molecule has 90 valence electrons. The first-order valence-electron chi connectivity index (χ1n) is 3.36. The third-order valence-corrected chi connectivity index (χ3v) is 1.77. The Bertz CT molecular complexity index is 369. The monoisotopic (exact) mass is 267 g/mol. The van der Waals surface area contributed by atoms with E-state index in [0.29, 0.717) is 0 Å². The molecule has 10 heteroatoms. The van der Waals surface area contributed by atoms with E-state index in [9.17, 15) is 26.3 Å². The smallest absolute Gasteiger partial charge is 0.422 e. The van der Waals surface area contributed by atoms with Crippen LogP contribution >= 0.6 is 11.6 Å². The van der Waals surface area contributed by atoms with Crippen LogP contribution in [0.1, 0.15) is 0 Å². The van der Waals surface area contributed by atoms with Gasteiger partial charge in [0.25, 0.3) is 5.22 Å². The number of halogens is 7. The molecule has 1 aliphatic heterocycles. The molecule has 1 aliphatic rings. The Morgan fingerprint density at radius 2 is 1.69 bits per heavy atom. The highest BCUT2D eigenvalue weighted by Gasteiger charge is 2.79. The molecule has 1 unspecified atom stereocenters. The summed E-state index contributed by atoms with van der Waals surface area (Å²) in [6.07, 6.45) is -5.86. The average molecular weight is 268 g/mol. The number of nitrogens with zero attached hydrogens (tertiary/aromatic N) is 1. The van der Waals surface area contributed by atoms with Crippen LogP contribution in [-0.4, -0.2) is 17.9 Å². The number of nitriles is 1. The molecular weight excluding hydrogens is 268 g/mol. The number of rotatable bonds is 1. The van der Waals surface area contributed by atoms with Crippen molar-refractivity contribution in [2.75, 3.05) is 0 Å². The Morgan fingerprint density at radius 3 is 1.94 bits per heavy atom. The van der Waals surface area contributed by atoms with Gasteiger partial charge in [0.2, 0.25) is 0 Å². The lowest BCUT2D eigenvalue weighted by molar-refractivity contribution is -0.397. The highest BCUT2D eigenvalue weighted by molar-refractivity contribution is 6.28. The molecule has 0 aromatic rings. The summed E-state index contributed by atoms with van der Waals surface area (Å²) in [5.74, 6) is -9.92. The van der Waals surface area contributed by atoms with E-state index < -0.39 is 29.1 Å². The van der Waals surface area contributed by atoms with Crippen LogP contribution in [0.15, 0.2) is 11.2 Å². The summed E-state index contributed by atoms with van der Waals surface area (Å²) in [5, 5.41) is 6.28. The van der Waals surface area contributed by atoms with Crippen molar-refractivity contribution < 1.29 is 35.8 Å². The van der Waals surface area contributed by atoms with E-state index in [4.69, 9.17) is 16.9 Å². The van der Waals surface area contributed by atoms with Gasteiger partial charge >= 0.3 is 23.9 Å². The fourth-order valence-corrected chi connectivity index (χ4v) is 0.996. The van der Waals surface area contributed by atoms with Crippen molar-refractivity contribution in [2.24, 2.45) is 0 Å². The molecule has 0 aromatic heterocycles. The SMILES string of the molecule is N#CC(F)(F)C1(C(F)(F)F)OC(F)=C(Cl)O1. The van der Waals surface area contributed by atoms with Gasteiger partial charge in [-0.05, 0) is 11.6 Å². The van der Waals surface area contributed by atoms with E-state index in [1.807, 2.05) is 0 Å². The van der Waals surface area contributed by atoms with Crippen LogP contribution in [0.3, 0.4) is 0 Å². The zero-order valence-corrected chi connectivity index (χ0v) is 7.67. The minimum absolute atomic E-state index is 0.0164. The number of hydrogen-bond acceptors (Lipinski definition) is 3. The summed E-state index contributed by atoms with van der Waals surface area (Å²) in [4.78, 5) is 0. The molecule has 1 rings (SSSR count). The first-order chi connectivity index (χ1) is 7.07. The van der Waals surface area contributed by atoms with E-state index in [2.05, 4.69) is 9.47 Å². The van der Waals surface area contributed by atoms with Gasteiger partial charge in [-0.2, -0.15) is 31.6 Å². The summed E-state index contributed by atoms with van der Waals surface area (Å²) in [7, 11) is 0. The highest BCUT2D eigenvalue weighted by atomic mass is 35.5. The lowest BCUT2D eigenvalue weighted by atomic mass is 10.1. The van der Waals surface area contributed by atoms with Crippen molar-refractivity contribution in [3.63, 3.8) is 0 Å². The Hall–Kier alpha value is -1.30. The number of ether oxygens (including phenoxy) is 2. The van der Waals surface area contributed by atoms with Crippen molar-refractivity contribution in [1.29, 1.82) is 5.26 Å². The van der Waals surface area contributed by atoms with E-state index >= 15 is 0 Å². The maximum atomic E-state index is 12.8. The number of hydrogen-bond donors (Lipinski definition) is 0. The first-order valence-corrected chi connectivity index (χ1v) is 3.74. The van der Waals surface area contributed by atoms with Gasteiger partial charge in [-0.15, -0.1) is 0 Å². The topological polar surface area (TPSA) is 42.2 Å². The quantitative estimate of drug-likeness (QED) is 0.686. The fraction of sp³-hybridized carbons (Fsp3) is 0.500. The van der Waals surface area contributed by atoms with Gasteiger partial charge in [-0.3, -0.25) is 0 Å². The standard InChI is InChI=1S/C6ClF6NO2/c7-2-3(8)16-5(15-2,6(11,12)13)4(9,10)1-14. The van der Waals surface area contributed by atoms with Crippen molar-refractivity contribution in [3.05, 3.63) is 11.2 Å². The molecule has 0 spiro atoms. The molecule has 0 fully saturated rings. The molecule has 1 heterocycles. The van der Waals surface area contributed by atoms with Gasteiger partial charge < -0.3 is 9.47 Å². The fourth-order valence-electron chi connectivity index (χ4n) is 0.849. The van der Waals surface area contributed by atoms with Crippen LogP contribution in [-0.2, 0) is 9.47 Å². The van der Waals surface area contributed by atoms with E-state index in [1.165, 1.54) is 0 Å². The number of alkyl halides is 5. The largest absolute Gasteiger partial charge is 0.476 e. The summed E-state index contributed by atoms with van der Waals surface area (Å²) in [6, 6.07) is -2.16. The predicted molar refractivity (Wildman–Crippen MR) is 35.5 cm³/mol. The van der Waals surface area contributed by atoms with Gasteiger partial charge in [0.15, 0.2) is 0 Å². The van der Waals surface area contributed by atoms with Gasteiger partial charge in [0.05, 0.1) is 0 Å². The Kier molecular flexibility index (Phi) is 2.67. The van der Waals surface area contributed by atoms with Crippen LogP contribution in [0.25, 0.3) is 0 Å². The molecule has 0 aliphatic carbocycles. The van der Waals surface area contributed by atoms with Gasteiger partial charge in [-0.25, -0.2) is 0 Å². The molecule has 0 aromatic carbocycles. The molecule has 0 radical (unpaired) electrons. The maximum Gasteiger partial charge on any atom is 0.476 e. The second kappa shape index (κ2) is 3.35. The van der Waals surface area contributed by atoms with Crippen molar-refractivity contribution in [2.45, 2.75) is 17.9 Å². The van der Waals surface area contributed by atoms with Crippen LogP contribution in [0.5, 0.6) is 0 Å². The lowest BCUT2D eigenvalue weighted by Crippen LogP contribution is -2.59. The second-order valence-electron chi connectivity index (χ2n) is 2.55. The maximum absolute atomic E-state index is 12.8. The van der Waals surface area contributed by atoms with Crippen LogP contribution < -0.4 is 0 Å². The first kappa shape index (κ1) is 12.8. The second-order valence-corrected chi connectivity index (χ2v) is 2.90. The van der Waals surface area contributed by atoms with Crippen LogP contribution in [0.2, 0.25) is 0 Å². The molecule has 0 saturated carbocycles. The van der Waals surface area contributed by atoms with Crippen LogP contribution in [0, 0.1) is 11.3 Å². The molecule has 0 amide bonds. The minimum atomic E-state index is -5.86. The molecule has 0 bridgehead atoms. The molecule has 0 saturated heterocycles. The zero-order chi connectivity index (χ0) is 12.8. The van der Waals surface area contributed by atoms with Crippen molar-refractivity contribution in [1.82, 2.24) is 0 Å². The average Bonchev–Trinajstić information content (AvgIpc) is 2.44. The Morgan fingerprint density at radius 1 is 1.19 bits per heavy atom. The molecular formula is C6ClF6NO2. The normalized spacial score (nSPS) is 26.1. The molecule has 16 heavy (non-hydrogen) atoms. The predicted octanol–water partition coefficient (Wildman–Crippen LogP) is 2.79. The highest BCUT2D eigenvalue weighted by Crippen LogP contribution is 2.52. The van der Waals surface area contributed by atoms with Gasteiger partial charge in [0.1, 0.15) is 6.07 Å². The van der Waals surface area contributed by atoms with E-state index in [0.717, 1.165) is 0 Å². The Balaban J connectivity index is 3.27. The van der Waals surface area contributed by atoms with Gasteiger partial charge in [0, 0.05) is 0 Å². The van der Waals surface area contributed by atoms with Crippen molar-refractivity contribution >= 4 is 11.6 Å². The van der Waals surface area contributed by atoms with E-state index in [1.54, 1.807) is 0 Å². The molecule has 0 N–H and O–H groups in total.